The zero-order chi connectivity index (χ0) is 16.7. The average molecular weight is 331 g/mol. The highest BCUT2D eigenvalue weighted by atomic mass is 16.5. The van der Waals surface area contributed by atoms with Crippen molar-refractivity contribution in [2.45, 2.75) is 38.9 Å². The smallest absolute Gasteiger partial charge is 0.252 e. The highest BCUT2D eigenvalue weighted by Gasteiger charge is 2.37. The molecular formula is C16H21N5O3. The Balaban J connectivity index is 1.26. The summed E-state index contributed by atoms with van der Waals surface area (Å²) in [5.74, 6) is 1.38. The quantitative estimate of drug-likeness (QED) is 0.817. The van der Waals surface area contributed by atoms with E-state index < -0.39 is 0 Å². The highest BCUT2D eigenvalue weighted by molar-refractivity contribution is 5.80. The van der Waals surface area contributed by atoms with Gasteiger partial charge in [-0.15, -0.1) is 0 Å². The van der Waals surface area contributed by atoms with Crippen LogP contribution in [0.2, 0.25) is 0 Å². The zero-order valence-electron chi connectivity index (χ0n) is 13.9. The predicted octanol–water partition coefficient (Wildman–Crippen LogP) is 0.644. The zero-order valence-corrected chi connectivity index (χ0v) is 13.9. The molecule has 1 amide bonds. The van der Waals surface area contributed by atoms with Crippen LogP contribution in [-0.2, 0) is 36.0 Å². The summed E-state index contributed by atoms with van der Waals surface area (Å²) in [5, 5.41) is 8.02. The summed E-state index contributed by atoms with van der Waals surface area (Å²) in [6, 6.07) is 0. The Hall–Kier alpha value is -2.22. The summed E-state index contributed by atoms with van der Waals surface area (Å²) in [6.45, 7) is 3.35. The van der Waals surface area contributed by atoms with E-state index in [9.17, 15) is 4.79 Å². The van der Waals surface area contributed by atoms with Gasteiger partial charge < -0.3 is 14.2 Å². The molecule has 1 unspecified atom stereocenters. The van der Waals surface area contributed by atoms with Crippen molar-refractivity contribution in [3.8, 4) is 0 Å². The molecule has 0 aromatic carbocycles. The summed E-state index contributed by atoms with van der Waals surface area (Å²) in [6.07, 6.45) is 4.60. The van der Waals surface area contributed by atoms with Gasteiger partial charge in [0.05, 0.1) is 12.3 Å². The van der Waals surface area contributed by atoms with Gasteiger partial charge in [-0.2, -0.15) is 10.1 Å². The van der Waals surface area contributed by atoms with Crippen molar-refractivity contribution in [2.75, 3.05) is 13.1 Å². The first-order chi connectivity index (χ1) is 11.6. The molecule has 4 rings (SSSR count). The molecule has 8 nitrogen and oxygen atoms in total. The first-order valence-corrected chi connectivity index (χ1v) is 8.29. The lowest BCUT2D eigenvalue weighted by Crippen LogP contribution is -2.56. The number of rotatable bonds is 4. The van der Waals surface area contributed by atoms with E-state index in [0.29, 0.717) is 31.4 Å². The van der Waals surface area contributed by atoms with Crippen LogP contribution in [0.1, 0.15) is 29.4 Å². The Kier molecular flexibility index (Phi) is 3.84. The predicted molar refractivity (Wildman–Crippen MR) is 82.9 cm³/mol. The number of likely N-dealkylation sites (tertiary alicyclic amines) is 1. The number of nitrogens with zero attached hydrogens (tertiary/aromatic N) is 5. The molecule has 0 bridgehead atoms. The fourth-order valence-corrected chi connectivity index (χ4v) is 3.43. The van der Waals surface area contributed by atoms with Gasteiger partial charge in [-0.3, -0.25) is 9.48 Å². The molecule has 1 aliphatic heterocycles. The van der Waals surface area contributed by atoms with Gasteiger partial charge in [-0.1, -0.05) is 5.16 Å². The van der Waals surface area contributed by atoms with Crippen LogP contribution < -0.4 is 0 Å². The highest BCUT2D eigenvalue weighted by Crippen LogP contribution is 2.28. The average Bonchev–Trinajstić information content (AvgIpc) is 3.11. The molecule has 0 saturated carbocycles. The Morgan fingerprint density at radius 3 is 3.04 bits per heavy atom. The van der Waals surface area contributed by atoms with Crippen molar-refractivity contribution in [1.82, 2.24) is 24.8 Å². The number of hydrogen-bond acceptors (Lipinski definition) is 6. The lowest BCUT2D eigenvalue weighted by Gasteiger charge is -2.41. The van der Waals surface area contributed by atoms with Crippen molar-refractivity contribution in [2.24, 2.45) is 13.0 Å². The summed E-state index contributed by atoms with van der Waals surface area (Å²) in [4.78, 5) is 18.6. The number of fused-ring (bicyclic) bond motifs is 1. The minimum atomic E-state index is 0.0528. The molecule has 1 fully saturated rings. The van der Waals surface area contributed by atoms with E-state index >= 15 is 0 Å². The Labute approximate surface area is 139 Å². The number of hydrogen-bond donors (Lipinski definition) is 0. The summed E-state index contributed by atoms with van der Waals surface area (Å²) >= 11 is 0. The van der Waals surface area contributed by atoms with Gasteiger partial charge >= 0.3 is 0 Å². The monoisotopic (exact) mass is 331 g/mol. The lowest BCUT2D eigenvalue weighted by atomic mass is 9.86. The Bertz CT molecular complexity index is 747. The Morgan fingerprint density at radius 2 is 2.29 bits per heavy atom. The van der Waals surface area contributed by atoms with E-state index in [0.717, 1.165) is 19.3 Å². The molecule has 2 aromatic rings. The van der Waals surface area contributed by atoms with Crippen molar-refractivity contribution < 1.29 is 14.1 Å². The Morgan fingerprint density at radius 1 is 1.46 bits per heavy atom. The van der Waals surface area contributed by atoms with Crippen LogP contribution in [-0.4, -0.2) is 49.9 Å². The van der Waals surface area contributed by atoms with Gasteiger partial charge in [-0.25, -0.2) is 0 Å². The van der Waals surface area contributed by atoms with Crippen LogP contribution in [0.15, 0.2) is 10.7 Å². The van der Waals surface area contributed by atoms with Crippen LogP contribution in [0, 0.1) is 12.8 Å². The van der Waals surface area contributed by atoms with Gasteiger partial charge in [-0.05, 0) is 25.3 Å². The molecule has 1 aliphatic carbocycles. The molecule has 2 aromatic heterocycles. The minimum Gasteiger partial charge on any atom is -0.365 e. The number of carbonyl (C=O) groups excluding carboxylic acids is 1. The molecule has 24 heavy (non-hydrogen) atoms. The van der Waals surface area contributed by atoms with E-state index in [2.05, 4.69) is 15.2 Å². The van der Waals surface area contributed by atoms with Gasteiger partial charge in [0.2, 0.25) is 5.91 Å². The molecule has 0 N–H and O–H groups in total. The molecule has 3 heterocycles. The maximum Gasteiger partial charge on any atom is 0.252 e. The molecule has 1 saturated heterocycles. The van der Waals surface area contributed by atoms with Crippen LogP contribution in [0.5, 0.6) is 0 Å². The fraction of sp³-hybridized carbons (Fsp3) is 0.625. The van der Waals surface area contributed by atoms with Crippen molar-refractivity contribution in [3.05, 3.63) is 29.2 Å². The van der Waals surface area contributed by atoms with E-state index in [1.165, 1.54) is 11.3 Å². The van der Waals surface area contributed by atoms with Crippen molar-refractivity contribution >= 4 is 5.91 Å². The molecule has 0 spiro atoms. The molecule has 8 heteroatoms. The number of carbonyl (C=O) groups is 1. The molecule has 2 aliphatic rings. The summed E-state index contributed by atoms with van der Waals surface area (Å²) in [5.41, 5.74) is 2.47. The number of aromatic nitrogens is 4. The van der Waals surface area contributed by atoms with E-state index in [1.54, 1.807) is 6.92 Å². The molecule has 128 valence electrons. The molecule has 1 atom stereocenters. The maximum absolute atomic E-state index is 12.6. The third kappa shape index (κ3) is 2.82. The summed E-state index contributed by atoms with van der Waals surface area (Å²) in [7, 11) is 1.94. The number of ether oxygens (including phenoxy) is 1. The molecular weight excluding hydrogens is 310 g/mol. The van der Waals surface area contributed by atoms with Crippen LogP contribution in [0.4, 0.5) is 0 Å². The standard InChI is InChI=1S/C16H21N5O3/c1-10-18-15(24-19-10)9-23-13-7-21(8-13)16(22)11-3-4-12-6-17-20(2)14(12)5-11/h6,11,13H,3-5,7-9H2,1-2H3. The first kappa shape index (κ1) is 15.3. The van der Waals surface area contributed by atoms with E-state index in [4.69, 9.17) is 9.26 Å². The van der Waals surface area contributed by atoms with Gasteiger partial charge in [0.15, 0.2) is 5.82 Å². The third-order valence-electron chi connectivity index (χ3n) is 4.87. The largest absolute Gasteiger partial charge is 0.365 e. The first-order valence-electron chi connectivity index (χ1n) is 8.29. The number of aryl methyl sites for hydroxylation is 3. The minimum absolute atomic E-state index is 0.0528. The lowest BCUT2D eigenvalue weighted by molar-refractivity contribution is -0.151. The number of amides is 1. The van der Waals surface area contributed by atoms with Gasteiger partial charge in [0.25, 0.3) is 5.89 Å². The second-order valence-electron chi connectivity index (χ2n) is 6.59. The van der Waals surface area contributed by atoms with Crippen LogP contribution in [0.3, 0.4) is 0 Å². The van der Waals surface area contributed by atoms with Crippen molar-refractivity contribution in [3.63, 3.8) is 0 Å². The SMILES string of the molecule is Cc1noc(COC2CN(C(=O)C3CCc4cnn(C)c4C3)C2)n1. The van der Waals surface area contributed by atoms with Crippen LogP contribution in [0.25, 0.3) is 0 Å². The van der Waals surface area contributed by atoms with Gasteiger partial charge in [0, 0.05) is 38.2 Å². The topological polar surface area (TPSA) is 86.3 Å². The second-order valence-corrected chi connectivity index (χ2v) is 6.59. The second kappa shape index (κ2) is 6.01. The summed E-state index contributed by atoms with van der Waals surface area (Å²) < 4.78 is 12.6. The maximum atomic E-state index is 12.6. The third-order valence-corrected chi connectivity index (χ3v) is 4.87. The van der Waals surface area contributed by atoms with Crippen LogP contribution >= 0.6 is 0 Å². The van der Waals surface area contributed by atoms with Gasteiger partial charge in [0.1, 0.15) is 6.61 Å². The van der Waals surface area contributed by atoms with E-state index in [1.807, 2.05) is 22.8 Å². The fourth-order valence-electron chi connectivity index (χ4n) is 3.43. The van der Waals surface area contributed by atoms with Crippen molar-refractivity contribution in [1.29, 1.82) is 0 Å². The van der Waals surface area contributed by atoms with E-state index in [-0.39, 0.29) is 17.9 Å². The molecule has 0 radical (unpaired) electrons. The normalized spacial score (nSPS) is 20.8.